The SMILES string of the molecule is Cc1cccc(Nc2nc(C)[nH]c(=O)c2C(N)=O)c1. The fourth-order valence-corrected chi connectivity index (χ4v) is 1.76. The van der Waals surface area contributed by atoms with E-state index in [1.807, 2.05) is 31.2 Å². The number of aromatic amines is 1. The highest BCUT2D eigenvalue weighted by atomic mass is 16.2. The molecule has 98 valence electrons. The average molecular weight is 258 g/mol. The van der Waals surface area contributed by atoms with Crippen LogP contribution in [0.2, 0.25) is 0 Å². The van der Waals surface area contributed by atoms with Gasteiger partial charge in [-0.15, -0.1) is 0 Å². The molecule has 6 heteroatoms. The maximum atomic E-state index is 11.7. The summed E-state index contributed by atoms with van der Waals surface area (Å²) in [6, 6.07) is 7.50. The third-order valence-electron chi connectivity index (χ3n) is 2.57. The second-order valence-electron chi connectivity index (χ2n) is 4.23. The van der Waals surface area contributed by atoms with Crippen molar-refractivity contribution in [2.75, 3.05) is 5.32 Å². The Morgan fingerprint density at radius 1 is 1.37 bits per heavy atom. The Balaban J connectivity index is 2.50. The molecule has 2 aromatic rings. The van der Waals surface area contributed by atoms with E-state index in [1.54, 1.807) is 6.92 Å². The fourth-order valence-electron chi connectivity index (χ4n) is 1.76. The summed E-state index contributed by atoms with van der Waals surface area (Å²) in [6.45, 7) is 3.57. The van der Waals surface area contributed by atoms with Gasteiger partial charge in [-0.05, 0) is 31.5 Å². The lowest BCUT2D eigenvalue weighted by Gasteiger charge is -2.09. The third-order valence-corrected chi connectivity index (χ3v) is 2.57. The number of H-pyrrole nitrogens is 1. The number of aryl methyl sites for hydroxylation is 2. The van der Waals surface area contributed by atoms with Crippen LogP contribution in [0.5, 0.6) is 0 Å². The van der Waals surface area contributed by atoms with Gasteiger partial charge < -0.3 is 16.0 Å². The van der Waals surface area contributed by atoms with Crippen LogP contribution in [0.1, 0.15) is 21.7 Å². The molecule has 0 fully saturated rings. The quantitative estimate of drug-likeness (QED) is 0.770. The number of aromatic nitrogens is 2. The van der Waals surface area contributed by atoms with E-state index in [-0.39, 0.29) is 11.4 Å². The van der Waals surface area contributed by atoms with E-state index in [0.717, 1.165) is 11.3 Å². The molecule has 4 N–H and O–H groups in total. The number of carbonyl (C=O) groups is 1. The molecule has 0 bridgehead atoms. The van der Waals surface area contributed by atoms with Crippen molar-refractivity contribution >= 4 is 17.4 Å². The molecule has 0 radical (unpaired) electrons. The van der Waals surface area contributed by atoms with Gasteiger partial charge in [0.05, 0.1) is 0 Å². The first-order valence-electron chi connectivity index (χ1n) is 5.72. The molecule has 2 rings (SSSR count). The molecule has 6 nitrogen and oxygen atoms in total. The lowest BCUT2D eigenvalue weighted by Crippen LogP contribution is -2.26. The maximum absolute atomic E-state index is 11.7. The highest BCUT2D eigenvalue weighted by Gasteiger charge is 2.15. The Hall–Kier alpha value is -2.63. The minimum Gasteiger partial charge on any atom is -0.365 e. The predicted octanol–water partition coefficient (Wildman–Crippen LogP) is 1.23. The van der Waals surface area contributed by atoms with Crippen molar-refractivity contribution in [3.05, 3.63) is 51.6 Å². The molecule has 0 saturated carbocycles. The molecule has 0 spiro atoms. The molecule has 0 saturated heterocycles. The molecule has 19 heavy (non-hydrogen) atoms. The Kier molecular flexibility index (Phi) is 3.33. The maximum Gasteiger partial charge on any atom is 0.265 e. The van der Waals surface area contributed by atoms with E-state index in [9.17, 15) is 9.59 Å². The van der Waals surface area contributed by atoms with E-state index in [0.29, 0.717) is 5.82 Å². The second kappa shape index (κ2) is 4.93. The number of hydrogen-bond acceptors (Lipinski definition) is 4. The van der Waals surface area contributed by atoms with Crippen molar-refractivity contribution in [3.63, 3.8) is 0 Å². The summed E-state index contributed by atoms with van der Waals surface area (Å²) in [5.74, 6) is -0.242. The average Bonchev–Trinajstić information content (AvgIpc) is 2.26. The van der Waals surface area contributed by atoms with Crippen LogP contribution in [-0.4, -0.2) is 15.9 Å². The van der Waals surface area contributed by atoms with Gasteiger partial charge >= 0.3 is 0 Å². The van der Waals surface area contributed by atoms with E-state index >= 15 is 0 Å². The molecule has 0 atom stereocenters. The Morgan fingerprint density at radius 2 is 2.11 bits per heavy atom. The number of benzene rings is 1. The number of carbonyl (C=O) groups excluding carboxylic acids is 1. The normalized spacial score (nSPS) is 10.2. The largest absolute Gasteiger partial charge is 0.365 e. The zero-order valence-corrected chi connectivity index (χ0v) is 10.7. The number of nitrogens with two attached hydrogens (primary N) is 1. The highest BCUT2D eigenvalue weighted by Crippen LogP contribution is 2.17. The van der Waals surface area contributed by atoms with Gasteiger partial charge in [0, 0.05) is 5.69 Å². The molecule has 0 aliphatic rings. The van der Waals surface area contributed by atoms with Crippen LogP contribution in [-0.2, 0) is 0 Å². The van der Waals surface area contributed by atoms with Gasteiger partial charge in [0.25, 0.3) is 11.5 Å². The van der Waals surface area contributed by atoms with Crippen LogP contribution in [0.4, 0.5) is 11.5 Å². The fraction of sp³-hybridized carbons (Fsp3) is 0.154. The first-order valence-corrected chi connectivity index (χ1v) is 5.72. The van der Waals surface area contributed by atoms with Gasteiger partial charge in [-0.2, -0.15) is 0 Å². The van der Waals surface area contributed by atoms with Crippen molar-refractivity contribution in [1.29, 1.82) is 0 Å². The van der Waals surface area contributed by atoms with Crippen LogP contribution in [0.15, 0.2) is 29.1 Å². The Morgan fingerprint density at radius 3 is 2.74 bits per heavy atom. The lowest BCUT2D eigenvalue weighted by molar-refractivity contribution is 0.0999. The van der Waals surface area contributed by atoms with Gasteiger partial charge in [-0.25, -0.2) is 4.98 Å². The van der Waals surface area contributed by atoms with E-state index in [4.69, 9.17) is 5.73 Å². The molecule has 1 amide bonds. The number of nitrogens with zero attached hydrogens (tertiary/aromatic N) is 1. The first kappa shape index (κ1) is 12.8. The molecular formula is C13H14N4O2. The van der Waals surface area contributed by atoms with Crippen LogP contribution in [0.3, 0.4) is 0 Å². The Bertz CT molecular complexity index is 691. The molecule has 0 aliphatic carbocycles. The number of amides is 1. The smallest absolute Gasteiger partial charge is 0.265 e. The Labute approximate surface area is 109 Å². The van der Waals surface area contributed by atoms with Gasteiger partial charge in [0.1, 0.15) is 11.4 Å². The third kappa shape index (κ3) is 2.79. The molecule has 1 aromatic heterocycles. The predicted molar refractivity (Wildman–Crippen MR) is 72.6 cm³/mol. The standard InChI is InChI=1S/C13H14N4O2/c1-7-4-3-5-9(6-7)17-12-10(11(14)18)13(19)16-8(2)15-12/h3-6H,1-2H3,(H2,14,18)(H2,15,16,17,19). The van der Waals surface area contributed by atoms with Crippen molar-refractivity contribution in [3.8, 4) is 0 Å². The second-order valence-corrected chi connectivity index (χ2v) is 4.23. The minimum atomic E-state index is -0.816. The van der Waals surface area contributed by atoms with Crippen LogP contribution in [0.25, 0.3) is 0 Å². The number of rotatable bonds is 3. The molecule has 0 unspecified atom stereocenters. The summed E-state index contributed by atoms with van der Waals surface area (Å²) in [5.41, 5.74) is 6.27. The van der Waals surface area contributed by atoms with E-state index < -0.39 is 11.5 Å². The van der Waals surface area contributed by atoms with Crippen LogP contribution < -0.4 is 16.6 Å². The van der Waals surface area contributed by atoms with E-state index in [1.165, 1.54) is 0 Å². The van der Waals surface area contributed by atoms with Gasteiger partial charge in [-0.1, -0.05) is 12.1 Å². The van der Waals surface area contributed by atoms with Gasteiger partial charge in [-0.3, -0.25) is 9.59 Å². The van der Waals surface area contributed by atoms with Gasteiger partial charge in [0.2, 0.25) is 0 Å². The number of hydrogen-bond donors (Lipinski definition) is 3. The molecule has 0 aliphatic heterocycles. The highest BCUT2D eigenvalue weighted by molar-refractivity contribution is 5.97. The number of anilines is 2. The summed E-state index contributed by atoms with van der Waals surface area (Å²) in [4.78, 5) is 29.6. The molecular weight excluding hydrogens is 244 g/mol. The topological polar surface area (TPSA) is 101 Å². The lowest BCUT2D eigenvalue weighted by atomic mass is 10.2. The summed E-state index contributed by atoms with van der Waals surface area (Å²) in [7, 11) is 0. The summed E-state index contributed by atoms with van der Waals surface area (Å²) >= 11 is 0. The summed E-state index contributed by atoms with van der Waals surface area (Å²) < 4.78 is 0. The van der Waals surface area contributed by atoms with Crippen LogP contribution in [0, 0.1) is 13.8 Å². The molecule has 1 aromatic carbocycles. The monoisotopic (exact) mass is 258 g/mol. The van der Waals surface area contributed by atoms with Crippen molar-refractivity contribution < 1.29 is 4.79 Å². The zero-order chi connectivity index (χ0) is 14.0. The van der Waals surface area contributed by atoms with Crippen molar-refractivity contribution in [2.45, 2.75) is 13.8 Å². The van der Waals surface area contributed by atoms with Gasteiger partial charge in [0.15, 0.2) is 5.82 Å². The first-order chi connectivity index (χ1) is 8.97. The van der Waals surface area contributed by atoms with Crippen molar-refractivity contribution in [1.82, 2.24) is 9.97 Å². The summed E-state index contributed by atoms with van der Waals surface area (Å²) in [5, 5.41) is 2.94. The van der Waals surface area contributed by atoms with E-state index in [2.05, 4.69) is 15.3 Å². The summed E-state index contributed by atoms with van der Waals surface area (Å²) in [6.07, 6.45) is 0. The number of primary amides is 1. The van der Waals surface area contributed by atoms with Crippen LogP contribution >= 0.6 is 0 Å². The zero-order valence-electron chi connectivity index (χ0n) is 10.7. The molecule has 1 heterocycles. The minimum absolute atomic E-state index is 0.166. The van der Waals surface area contributed by atoms with Crippen molar-refractivity contribution in [2.24, 2.45) is 5.73 Å². The number of nitrogens with one attached hydrogen (secondary N) is 2.